The standard InChI is InChI=1S/C9H22N2O2/c1-10(2)5-4-9(13)8-11(3)6-7-12/h9,12-13H,4-8H2,1-3H3. The number of rotatable bonds is 7. The zero-order valence-corrected chi connectivity index (χ0v) is 8.90. The van der Waals surface area contributed by atoms with Crippen LogP contribution in [0, 0.1) is 0 Å². The molecule has 0 aromatic carbocycles. The van der Waals surface area contributed by atoms with Gasteiger partial charge in [0.25, 0.3) is 0 Å². The number of hydrogen-bond acceptors (Lipinski definition) is 4. The summed E-state index contributed by atoms with van der Waals surface area (Å²) in [6.45, 7) is 2.30. The minimum Gasteiger partial charge on any atom is -0.395 e. The van der Waals surface area contributed by atoms with Crippen molar-refractivity contribution in [1.82, 2.24) is 9.80 Å². The second-order valence-electron chi connectivity index (χ2n) is 3.73. The average Bonchev–Trinajstić information content (AvgIpc) is 2.01. The largest absolute Gasteiger partial charge is 0.395 e. The highest BCUT2D eigenvalue weighted by Gasteiger charge is 2.07. The van der Waals surface area contributed by atoms with Crippen molar-refractivity contribution >= 4 is 0 Å². The Kier molecular flexibility index (Phi) is 7.17. The molecule has 0 rings (SSSR count). The van der Waals surface area contributed by atoms with Crippen molar-refractivity contribution in [2.75, 3.05) is 47.4 Å². The summed E-state index contributed by atoms with van der Waals surface area (Å²) in [5.74, 6) is 0. The van der Waals surface area contributed by atoms with E-state index >= 15 is 0 Å². The van der Waals surface area contributed by atoms with Gasteiger partial charge in [-0.05, 0) is 27.6 Å². The van der Waals surface area contributed by atoms with E-state index in [0.29, 0.717) is 13.1 Å². The lowest BCUT2D eigenvalue weighted by molar-refractivity contribution is 0.101. The Bertz CT molecular complexity index is 120. The van der Waals surface area contributed by atoms with E-state index in [-0.39, 0.29) is 12.7 Å². The van der Waals surface area contributed by atoms with Gasteiger partial charge in [-0.3, -0.25) is 0 Å². The summed E-state index contributed by atoms with van der Waals surface area (Å²) < 4.78 is 0. The number of aliphatic hydroxyl groups is 2. The van der Waals surface area contributed by atoms with Crippen molar-refractivity contribution in [3.63, 3.8) is 0 Å². The van der Waals surface area contributed by atoms with Crippen molar-refractivity contribution in [3.8, 4) is 0 Å². The summed E-state index contributed by atoms with van der Waals surface area (Å²) in [4.78, 5) is 3.98. The summed E-state index contributed by atoms with van der Waals surface area (Å²) >= 11 is 0. The first-order chi connectivity index (χ1) is 6.06. The van der Waals surface area contributed by atoms with E-state index in [2.05, 4.69) is 4.90 Å². The molecule has 0 saturated heterocycles. The summed E-state index contributed by atoms with van der Waals surface area (Å²) in [6.07, 6.45) is 0.488. The van der Waals surface area contributed by atoms with Gasteiger partial charge >= 0.3 is 0 Å². The first-order valence-corrected chi connectivity index (χ1v) is 4.68. The van der Waals surface area contributed by atoms with Gasteiger partial charge in [0.15, 0.2) is 0 Å². The van der Waals surface area contributed by atoms with E-state index in [1.54, 1.807) is 0 Å². The van der Waals surface area contributed by atoms with Crippen LogP contribution in [-0.2, 0) is 0 Å². The molecule has 4 nitrogen and oxygen atoms in total. The van der Waals surface area contributed by atoms with Crippen LogP contribution in [0.4, 0.5) is 0 Å². The van der Waals surface area contributed by atoms with Crippen LogP contribution in [0.1, 0.15) is 6.42 Å². The quantitative estimate of drug-likeness (QED) is 0.553. The van der Waals surface area contributed by atoms with Gasteiger partial charge in [0, 0.05) is 19.6 Å². The second-order valence-corrected chi connectivity index (χ2v) is 3.73. The van der Waals surface area contributed by atoms with Crippen molar-refractivity contribution in [2.45, 2.75) is 12.5 Å². The van der Waals surface area contributed by atoms with Gasteiger partial charge in [-0.25, -0.2) is 0 Å². The molecule has 4 heteroatoms. The zero-order valence-electron chi connectivity index (χ0n) is 8.90. The highest BCUT2D eigenvalue weighted by molar-refractivity contribution is 4.62. The molecule has 13 heavy (non-hydrogen) atoms. The number of nitrogens with zero attached hydrogens (tertiary/aromatic N) is 2. The molecule has 0 aromatic heterocycles. The fourth-order valence-electron chi connectivity index (χ4n) is 1.12. The first-order valence-electron chi connectivity index (χ1n) is 4.68. The molecular weight excluding hydrogens is 168 g/mol. The van der Waals surface area contributed by atoms with Gasteiger partial charge in [0.1, 0.15) is 0 Å². The van der Waals surface area contributed by atoms with E-state index < -0.39 is 0 Å². The molecule has 0 fully saturated rings. The molecule has 0 spiro atoms. The minimum atomic E-state index is -0.293. The number of aliphatic hydroxyl groups excluding tert-OH is 2. The maximum absolute atomic E-state index is 9.55. The van der Waals surface area contributed by atoms with E-state index in [9.17, 15) is 5.11 Å². The molecule has 1 unspecified atom stereocenters. The van der Waals surface area contributed by atoms with Gasteiger partial charge in [-0.2, -0.15) is 0 Å². The smallest absolute Gasteiger partial charge is 0.0679 e. The zero-order chi connectivity index (χ0) is 10.3. The third-order valence-electron chi connectivity index (χ3n) is 1.91. The molecule has 2 N–H and O–H groups in total. The van der Waals surface area contributed by atoms with Crippen LogP contribution in [0.25, 0.3) is 0 Å². The third-order valence-corrected chi connectivity index (χ3v) is 1.91. The van der Waals surface area contributed by atoms with Gasteiger partial charge in [0.2, 0.25) is 0 Å². The lowest BCUT2D eigenvalue weighted by Gasteiger charge is -2.20. The normalized spacial score (nSPS) is 14.1. The van der Waals surface area contributed by atoms with Crippen molar-refractivity contribution in [2.24, 2.45) is 0 Å². The van der Waals surface area contributed by atoms with E-state index in [1.165, 1.54) is 0 Å². The fraction of sp³-hybridized carbons (Fsp3) is 1.00. The molecule has 0 radical (unpaired) electrons. The minimum absolute atomic E-state index is 0.150. The SMILES string of the molecule is CN(C)CCC(O)CN(C)CCO. The topological polar surface area (TPSA) is 46.9 Å². The lowest BCUT2D eigenvalue weighted by Crippen LogP contribution is -2.33. The monoisotopic (exact) mass is 190 g/mol. The first kappa shape index (κ1) is 12.8. The van der Waals surface area contributed by atoms with Gasteiger partial charge in [0.05, 0.1) is 12.7 Å². The maximum atomic E-state index is 9.55. The Morgan fingerprint density at radius 1 is 1.15 bits per heavy atom. The van der Waals surface area contributed by atoms with Crippen LogP contribution in [0.5, 0.6) is 0 Å². The van der Waals surface area contributed by atoms with Gasteiger partial charge in [-0.1, -0.05) is 0 Å². The summed E-state index contributed by atoms with van der Waals surface area (Å²) in [7, 11) is 5.88. The predicted octanol–water partition coefficient (Wildman–Crippen LogP) is -0.777. The maximum Gasteiger partial charge on any atom is 0.0679 e. The molecule has 0 aliphatic carbocycles. The third kappa shape index (κ3) is 8.18. The Balaban J connectivity index is 3.43. The molecule has 0 amide bonds. The Morgan fingerprint density at radius 2 is 1.77 bits per heavy atom. The van der Waals surface area contributed by atoms with Crippen molar-refractivity contribution < 1.29 is 10.2 Å². The van der Waals surface area contributed by atoms with E-state index in [4.69, 9.17) is 5.11 Å². The fourth-order valence-corrected chi connectivity index (χ4v) is 1.12. The molecule has 0 heterocycles. The average molecular weight is 190 g/mol. The van der Waals surface area contributed by atoms with Crippen molar-refractivity contribution in [1.29, 1.82) is 0 Å². The highest BCUT2D eigenvalue weighted by Crippen LogP contribution is 1.95. The lowest BCUT2D eigenvalue weighted by atomic mass is 10.2. The highest BCUT2D eigenvalue weighted by atomic mass is 16.3. The summed E-state index contributed by atoms with van der Waals surface area (Å²) in [5.41, 5.74) is 0. The predicted molar refractivity (Wildman–Crippen MR) is 53.8 cm³/mol. The van der Waals surface area contributed by atoms with Gasteiger partial charge in [-0.15, -0.1) is 0 Å². The van der Waals surface area contributed by atoms with E-state index in [0.717, 1.165) is 13.0 Å². The van der Waals surface area contributed by atoms with Crippen LogP contribution >= 0.6 is 0 Å². The Labute approximate surface area is 80.8 Å². The van der Waals surface area contributed by atoms with Gasteiger partial charge < -0.3 is 20.0 Å². The van der Waals surface area contributed by atoms with Crippen LogP contribution < -0.4 is 0 Å². The molecular formula is C9H22N2O2. The number of hydrogen-bond donors (Lipinski definition) is 2. The summed E-state index contributed by atoms with van der Waals surface area (Å²) in [5, 5.41) is 18.2. The van der Waals surface area contributed by atoms with E-state index in [1.807, 2.05) is 26.0 Å². The van der Waals surface area contributed by atoms with Crippen LogP contribution in [0.15, 0.2) is 0 Å². The van der Waals surface area contributed by atoms with Crippen LogP contribution in [0.2, 0.25) is 0 Å². The van der Waals surface area contributed by atoms with Crippen LogP contribution in [0.3, 0.4) is 0 Å². The molecule has 0 bridgehead atoms. The molecule has 1 atom stereocenters. The Morgan fingerprint density at radius 3 is 2.23 bits per heavy atom. The molecule has 80 valence electrons. The molecule has 0 aliphatic rings. The van der Waals surface area contributed by atoms with Crippen molar-refractivity contribution in [3.05, 3.63) is 0 Å². The summed E-state index contributed by atoms with van der Waals surface area (Å²) in [6, 6.07) is 0. The number of likely N-dealkylation sites (N-methyl/N-ethyl adjacent to an activating group) is 1. The second kappa shape index (κ2) is 7.26. The van der Waals surface area contributed by atoms with Crippen LogP contribution in [-0.4, -0.2) is 73.5 Å². The Hall–Kier alpha value is -0.160. The molecule has 0 aliphatic heterocycles. The molecule has 0 aromatic rings. The molecule has 0 saturated carbocycles.